The van der Waals surface area contributed by atoms with E-state index in [1.165, 1.54) is 42.0 Å². The molecule has 0 bridgehead atoms. The summed E-state index contributed by atoms with van der Waals surface area (Å²) in [6, 6.07) is 19.8. The van der Waals surface area contributed by atoms with Crippen molar-refractivity contribution in [2.24, 2.45) is 0 Å². The second kappa shape index (κ2) is 11.7. The highest BCUT2D eigenvalue weighted by atomic mass is 35.5. The Balaban J connectivity index is 0.000000968. The zero-order valence-electron chi connectivity index (χ0n) is 20.4. The lowest BCUT2D eigenvalue weighted by atomic mass is 9.71. The average Bonchev–Trinajstić information content (AvgIpc) is 2.76. The molecule has 0 amide bonds. The summed E-state index contributed by atoms with van der Waals surface area (Å²) in [5.41, 5.74) is 5.55. The molecule has 0 atom stereocenters. The van der Waals surface area contributed by atoms with Gasteiger partial charge in [-0.05, 0) is 94.0 Å². The molecule has 2 saturated carbocycles. The zero-order valence-corrected chi connectivity index (χ0v) is 21.9. The molecule has 2 fully saturated rings. The Morgan fingerprint density at radius 2 is 1.42 bits per heavy atom. The molecule has 178 valence electrons. The van der Waals surface area contributed by atoms with Crippen LogP contribution < -0.4 is 0 Å². The number of alkyl halides is 2. The molecule has 0 spiro atoms. The van der Waals surface area contributed by atoms with Gasteiger partial charge in [-0.2, -0.15) is 5.26 Å². The molecule has 0 heterocycles. The first-order valence-corrected chi connectivity index (χ1v) is 13.2. The van der Waals surface area contributed by atoms with Crippen molar-refractivity contribution in [3.63, 3.8) is 0 Å². The minimum absolute atomic E-state index is 0.163. The van der Waals surface area contributed by atoms with Gasteiger partial charge < -0.3 is 0 Å². The van der Waals surface area contributed by atoms with E-state index in [2.05, 4.69) is 67.3 Å². The summed E-state index contributed by atoms with van der Waals surface area (Å²) in [5.74, 6) is 0. The molecule has 2 aromatic carbocycles. The number of nitrogens with zero attached hydrogens (tertiary/aromatic N) is 2. The lowest BCUT2D eigenvalue weighted by molar-refractivity contribution is 0.210. The Labute approximate surface area is 210 Å². The van der Waals surface area contributed by atoms with Gasteiger partial charge in [-0.3, -0.25) is 4.90 Å². The van der Waals surface area contributed by atoms with Crippen LogP contribution in [0.2, 0.25) is 0 Å². The van der Waals surface area contributed by atoms with Gasteiger partial charge in [-0.15, -0.1) is 23.2 Å². The Bertz CT molecular complexity index is 886. The first kappa shape index (κ1) is 26.1. The Morgan fingerprint density at radius 1 is 0.909 bits per heavy atom. The third-order valence-electron chi connectivity index (χ3n) is 7.26. The van der Waals surface area contributed by atoms with E-state index >= 15 is 0 Å². The minimum atomic E-state index is -0.163. The molecule has 0 saturated heterocycles. The molecule has 0 unspecified atom stereocenters. The zero-order chi connectivity index (χ0) is 23.9. The average molecular weight is 486 g/mol. The molecule has 0 aliphatic heterocycles. The number of halogens is 2. The van der Waals surface area contributed by atoms with Crippen LogP contribution in [0.15, 0.2) is 48.5 Å². The van der Waals surface area contributed by atoms with Crippen LogP contribution in [0.5, 0.6) is 0 Å². The fourth-order valence-corrected chi connectivity index (χ4v) is 5.89. The second-order valence-electron chi connectivity index (χ2n) is 9.85. The van der Waals surface area contributed by atoms with Crippen LogP contribution in [-0.2, 0) is 22.7 Å². The van der Waals surface area contributed by atoms with Crippen molar-refractivity contribution in [2.75, 3.05) is 6.54 Å². The number of hydrogen-bond acceptors (Lipinski definition) is 2. The van der Waals surface area contributed by atoms with Crippen molar-refractivity contribution in [3.8, 4) is 6.07 Å². The molecule has 2 aliphatic carbocycles. The van der Waals surface area contributed by atoms with Crippen molar-refractivity contribution in [1.82, 2.24) is 4.90 Å². The first-order chi connectivity index (χ1) is 15.8. The van der Waals surface area contributed by atoms with Crippen molar-refractivity contribution in [2.45, 2.75) is 94.5 Å². The fraction of sp³-hybridized carbons (Fsp3) is 0.552. The highest BCUT2D eigenvalue weighted by molar-refractivity contribution is 6.25. The Kier molecular flexibility index (Phi) is 9.28. The van der Waals surface area contributed by atoms with E-state index in [9.17, 15) is 0 Å². The quantitative estimate of drug-likeness (QED) is 0.334. The lowest BCUT2D eigenvalue weighted by Gasteiger charge is -2.42. The first-order valence-electron chi connectivity index (χ1n) is 12.4. The summed E-state index contributed by atoms with van der Waals surface area (Å²) in [7, 11) is 0. The maximum atomic E-state index is 7.32. The van der Waals surface area contributed by atoms with Gasteiger partial charge in [-0.1, -0.05) is 48.5 Å². The maximum absolute atomic E-state index is 7.32. The molecular weight excluding hydrogens is 447 g/mol. The van der Waals surface area contributed by atoms with E-state index in [4.69, 9.17) is 28.5 Å². The molecule has 33 heavy (non-hydrogen) atoms. The smallest absolute Gasteiger partial charge is 0.0697 e. The molecule has 0 N–H and O–H groups in total. The predicted octanol–water partition coefficient (Wildman–Crippen LogP) is 8.30. The van der Waals surface area contributed by atoms with Crippen LogP contribution >= 0.6 is 23.2 Å². The monoisotopic (exact) mass is 484 g/mol. The molecule has 2 aromatic rings. The molecule has 0 aromatic heterocycles. The van der Waals surface area contributed by atoms with E-state index in [0.29, 0.717) is 6.04 Å². The normalized spacial score (nSPS) is 18.0. The van der Waals surface area contributed by atoms with E-state index in [1.807, 2.05) is 0 Å². The highest BCUT2D eigenvalue weighted by Gasteiger charge is 2.42. The molecule has 4 heteroatoms. The van der Waals surface area contributed by atoms with Crippen molar-refractivity contribution < 1.29 is 0 Å². The van der Waals surface area contributed by atoms with Crippen LogP contribution in [0, 0.1) is 11.3 Å². The van der Waals surface area contributed by atoms with E-state index in [0.717, 1.165) is 51.6 Å². The summed E-state index contributed by atoms with van der Waals surface area (Å²) in [6.45, 7) is 8.12. The minimum Gasteiger partial charge on any atom is -0.297 e. The standard InChI is InChI=1S/C27H35Cl2N.C2H3N/c1-21(2)30(20-22-10-4-3-5-11-22)19-7-12-23-24(26(28)15-8-16-26)13-6-14-25(23)27(29)17-9-18-27;1-2-3/h3-6,10-11,13-14,21H,7-9,12,15-20H2,1-2H3;1H3. The van der Waals surface area contributed by atoms with E-state index in [-0.39, 0.29) is 9.75 Å². The summed E-state index contributed by atoms with van der Waals surface area (Å²) in [6.07, 6.45) is 9.02. The second-order valence-corrected chi connectivity index (χ2v) is 11.3. The summed E-state index contributed by atoms with van der Waals surface area (Å²) in [4.78, 5) is 2.26. The van der Waals surface area contributed by atoms with Gasteiger partial charge in [0.15, 0.2) is 0 Å². The van der Waals surface area contributed by atoms with Crippen LogP contribution in [0.4, 0.5) is 0 Å². The third-order valence-corrected chi connectivity index (χ3v) is 8.43. The van der Waals surface area contributed by atoms with Crippen LogP contribution in [-0.4, -0.2) is 17.5 Å². The number of hydrogen-bond donors (Lipinski definition) is 0. The van der Waals surface area contributed by atoms with Gasteiger partial charge in [0.2, 0.25) is 0 Å². The predicted molar refractivity (Wildman–Crippen MR) is 141 cm³/mol. The number of benzene rings is 2. The highest BCUT2D eigenvalue weighted by Crippen LogP contribution is 2.53. The van der Waals surface area contributed by atoms with Crippen LogP contribution in [0.1, 0.15) is 88.0 Å². The largest absolute Gasteiger partial charge is 0.297 e. The van der Waals surface area contributed by atoms with Gasteiger partial charge in [-0.25, -0.2) is 0 Å². The van der Waals surface area contributed by atoms with E-state index in [1.54, 1.807) is 6.07 Å². The van der Waals surface area contributed by atoms with Crippen LogP contribution in [0.3, 0.4) is 0 Å². The molecule has 2 aliphatic rings. The number of nitriles is 1. The molecular formula is C29H38Cl2N2. The topological polar surface area (TPSA) is 27.0 Å². The van der Waals surface area contributed by atoms with Crippen molar-refractivity contribution in [1.29, 1.82) is 5.26 Å². The Hall–Kier alpha value is -1.53. The maximum Gasteiger partial charge on any atom is 0.0697 e. The van der Waals surface area contributed by atoms with E-state index < -0.39 is 0 Å². The van der Waals surface area contributed by atoms with Gasteiger partial charge in [0.25, 0.3) is 0 Å². The summed E-state index contributed by atoms with van der Waals surface area (Å²) < 4.78 is 0. The SMILES string of the molecule is CC#N.CC(C)N(CCCc1c(C2(Cl)CCC2)cccc1C1(Cl)CCC1)Cc1ccccc1. The van der Waals surface area contributed by atoms with Crippen molar-refractivity contribution in [3.05, 3.63) is 70.8 Å². The molecule has 0 radical (unpaired) electrons. The molecule has 4 rings (SSSR count). The fourth-order valence-electron chi connectivity index (χ4n) is 5.01. The van der Waals surface area contributed by atoms with Gasteiger partial charge in [0, 0.05) is 19.5 Å². The van der Waals surface area contributed by atoms with Gasteiger partial charge in [0.1, 0.15) is 0 Å². The third kappa shape index (κ3) is 6.33. The van der Waals surface area contributed by atoms with Crippen LogP contribution in [0.25, 0.3) is 0 Å². The molecule has 2 nitrogen and oxygen atoms in total. The van der Waals surface area contributed by atoms with Gasteiger partial charge >= 0.3 is 0 Å². The summed E-state index contributed by atoms with van der Waals surface area (Å²) in [5, 5.41) is 7.32. The number of rotatable bonds is 9. The lowest BCUT2D eigenvalue weighted by Crippen LogP contribution is -2.34. The summed E-state index contributed by atoms with van der Waals surface area (Å²) >= 11 is 14.1. The van der Waals surface area contributed by atoms with Gasteiger partial charge in [0.05, 0.1) is 15.8 Å². The van der Waals surface area contributed by atoms with Crippen molar-refractivity contribution >= 4 is 23.2 Å². The Morgan fingerprint density at radius 3 is 1.85 bits per heavy atom.